The molecule has 1 saturated heterocycles. The number of thioether (sulfide) groups is 1. The molecule has 18 heavy (non-hydrogen) atoms. The maximum Gasteiger partial charge on any atom is 0.220 e. The van der Waals surface area contributed by atoms with E-state index in [9.17, 15) is 4.79 Å². The summed E-state index contributed by atoms with van der Waals surface area (Å²) in [4.78, 5) is 11.7. The van der Waals surface area contributed by atoms with Gasteiger partial charge in [-0.2, -0.15) is 11.8 Å². The second kappa shape index (κ2) is 9.08. The second-order valence-corrected chi connectivity index (χ2v) is 5.88. The Morgan fingerprint density at radius 1 is 1.39 bits per heavy atom. The molecule has 1 rings (SSSR count). The van der Waals surface area contributed by atoms with Gasteiger partial charge in [-0.3, -0.25) is 4.79 Å². The molecule has 0 aromatic heterocycles. The first-order chi connectivity index (χ1) is 8.72. The van der Waals surface area contributed by atoms with Crippen LogP contribution >= 0.6 is 11.8 Å². The van der Waals surface area contributed by atoms with Gasteiger partial charge in [-0.25, -0.2) is 0 Å². The number of nitrogens with one attached hydrogen (secondary N) is 1. The fourth-order valence-electron chi connectivity index (χ4n) is 1.99. The van der Waals surface area contributed by atoms with E-state index in [1.807, 2.05) is 11.8 Å². The van der Waals surface area contributed by atoms with Crippen molar-refractivity contribution in [2.24, 2.45) is 16.8 Å². The summed E-state index contributed by atoms with van der Waals surface area (Å²) in [6, 6.07) is 0. The summed E-state index contributed by atoms with van der Waals surface area (Å²) in [6.45, 7) is 0.680. The van der Waals surface area contributed by atoms with Crippen LogP contribution in [0.4, 0.5) is 0 Å². The standard InChI is InChI=1S/C12H23N3O2S/c13-11(15-17)3-1-2-6-14-12(16)9-10-4-7-18-8-5-10/h10,17H,1-9H2,(H2,13,15)(H,14,16). The molecule has 6 heteroatoms. The minimum atomic E-state index is 0.163. The predicted molar refractivity (Wildman–Crippen MR) is 74.9 cm³/mol. The van der Waals surface area contributed by atoms with E-state index in [1.54, 1.807) is 0 Å². The first kappa shape index (κ1) is 15.1. The number of rotatable bonds is 7. The van der Waals surface area contributed by atoms with E-state index in [2.05, 4.69) is 10.5 Å². The molecule has 0 radical (unpaired) electrons. The molecular formula is C12H23N3O2S. The normalized spacial score (nSPS) is 17.7. The molecule has 0 bridgehead atoms. The average Bonchev–Trinajstić information content (AvgIpc) is 2.39. The van der Waals surface area contributed by atoms with Crippen molar-refractivity contribution in [3.8, 4) is 0 Å². The Bertz CT molecular complexity index is 278. The number of unbranched alkanes of at least 4 members (excludes halogenated alkanes) is 1. The third-order valence-electron chi connectivity index (χ3n) is 3.13. The molecule has 4 N–H and O–H groups in total. The zero-order chi connectivity index (χ0) is 13.2. The number of hydrogen-bond donors (Lipinski definition) is 3. The third-order valence-corrected chi connectivity index (χ3v) is 4.17. The molecule has 1 amide bonds. The Kier molecular flexibility index (Phi) is 7.64. The Morgan fingerprint density at radius 2 is 2.11 bits per heavy atom. The first-order valence-electron chi connectivity index (χ1n) is 6.53. The van der Waals surface area contributed by atoms with Gasteiger partial charge < -0.3 is 16.3 Å². The summed E-state index contributed by atoms with van der Waals surface area (Å²) in [5.41, 5.74) is 5.35. The van der Waals surface area contributed by atoms with Gasteiger partial charge in [0.05, 0.1) is 0 Å². The van der Waals surface area contributed by atoms with Crippen molar-refractivity contribution in [3.63, 3.8) is 0 Å². The average molecular weight is 273 g/mol. The van der Waals surface area contributed by atoms with Crippen LogP contribution < -0.4 is 11.1 Å². The van der Waals surface area contributed by atoms with Crippen LogP contribution in [0.1, 0.15) is 38.5 Å². The van der Waals surface area contributed by atoms with Crippen molar-refractivity contribution in [2.75, 3.05) is 18.1 Å². The highest BCUT2D eigenvalue weighted by atomic mass is 32.2. The summed E-state index contributed by atoms with van der Waals surface area (Å²) >= 11 is 1.98. The lowest BCUT2D eigenvalue weighted by Crippen LogP contribution is -2.27. The number of carbonyl (C=O) groups excluding carboxylic acids is 1. The number of hydrogen-bond acceptors (Lipinski definition) is 4. The largest absolute Gasteiger partial charge is 0.409 e. The van der Waals surface area contributed by atoms with E-state index in [0.29, 0.717) is 25.3 Å². The van der Waals surface area contributed by atoms with Crippen molar-refractivity contribution >= 4 is 23.5 Å². The van der Waals surface area contributed by atoms with Gasteiger partial charge in [0.15, 0.2) is 0 Å². The van der Waals surface area contributed by atoms with E-state index in [4.69, 9.17) is 10.9 Å². The molecule has 0 aromatic carbocycles. The maximum absolute atomic E-state index is 11.7. The highest BCUT2D eigenvalue weighted by Gasteiger charge is 2.16. The van der Waals surface area contributed by atoms with Gasteiger partial charge in [0, 0.05) is 19.4 Å². The van der Waals surface area contributed by atoms with Crippen LogP contribution in [-0.4, -0.2) is 35.0 Å². The summed E-state index contributed by atoms with van der Waals surface area (Å²) in [5.74, 6) is 3.37. The van der Waals surface area contributed by atoms with Crippen LogP contribution in [-0.2, 0) is 4.79 Å². The van der Waals surface area contributed by atoms with Crippen LogP contribution in [0.5, 0.6) is 0 Å². The van der Waals surface area contributed by atoms with Crippen LogP contribution in [0.3, 0.4) is 0 Å². The molecule has 1 aliphatic heterocycles. The van der Waals surface area contributed by atoms with Gasteiger partial charge in [0.1, 0.15) is 5.84 Å². The molecule has 0 aromatic rings. The van der Waals surface area contributed by atoms with E-state index in [1.165, 1.54) is 24.3 Å². The van der Waals surface area contributed by atoms with Crippen LogP contribution in [0.15, 0.2) is 5.16 Å². The molecule has 1 fully saturated rings. The Balaban J connectivity index is 1.99. The number of amides is 1. The van der Waals surface area contributed by atoms with Crippen LogP contribution in [0, 0.1) is 5.92 Å². The third kappa shape index (κ3) is 6.74. The monoisotopic (exact) mass is 273 g/mol. The van der Waals surface area contributed by atoms with Gasteiger partial charge in [-0.15, -0.1) is 0 Å². The van der Waals surface area contributed by atoms with Gasteiger partial charge in [0.2, 0.25) is 5.91 Å². The van der Waals surface area contributed by atoms with Crippen molar-refractivity contribution in [1.82, 2.24) is 5.32 Å². The molecule has 5 nitrogen and oxygen atoms in total. The summed E-state index contributed by atoms with van der Waals surface area (Å²) in [5, 5.41) is 14.2. The van der Waals surface area contributed by atoms with E-state index >= 15 is 0 Å². The van der Waals surface area contributed by atoms with E-state index < -0.39 is 0 Å². The first-order valence-corrected chi connectivity index (χ1v) is 7.68. The molecule has 1 aliphatic rings. The second-order valence-electron chi connectivity index (χ2n) is 4.66. The summed E-state index contributed by atoms with van der Waals surface area (Å²) in [6.07, 6.45) is 5.27. The number of nitrogens with two attached hydrogens (primary N) is 1. The number of amidine groups is 1. The van der Waals surface area contributed by atoms with Gasteiger partial charge in [-0.1, -0.05) is 5.16 Å². The number of carbonyl (C=O) groups is 1. The molecule has 0 aliphatic carbocycles. The smallest absolute Gasteiger partial charge is 0.220 e. The van der Waals surface area contributed by atoms with E-state index in [-0.39, 0.29) is 11.7 Å². The fourth-order valence-corrected chi connectivity index (χ4v) is 3.20. The van der Waals surface area contributed by atoms with Gasteiger partial charge in [0.25, 0.3) is 0 Å². The molecule has 0 saturated carbocycles. The van der Waals surface area contributed by atoms with Crippen molar-refractivity contribution in [3.05, 3.63) is 0 Å². The molecule has 0 atom stereocenters. The van der Waals surface area contributed by atoms with Gasteiger partial charge >= 0.3 is 0 Å². The zero-order valence-electron chi connectivity index (χ0n) is 10.7. The topological polar surface area (TPSA) is 87.7 Å². The Labute approximate surface area is 113 Å². The molecule has 0 spiro atoms. The quantitative estimate of drug-likeness (QED) is 0.216. The minimum Gasteiger partial charge on any atom is -0.409 e. The highest BCUT2D eigenvalue weighted by Crippen LogP contribution is 2.24. The molecular weight excluding hydrogens is 250 g/mol. The Hall–Kier alpha value is -0.910. The van der Waals surface area contributed by atoms with Gasteiger partial charge in [-0.05, 0) is 43.1 Å². The molecule has 104 valence electrons. The lowest BCUT2D eigenvalue weighted by Gasteiger charge is -2.20. The van der Waals surface area contributed by atoms with Crippen LogP contribution in [0.2, 0.25) is 0 Å². The number of nitrogens with zero attached hydrogens (tertiary/aromatic N) is 1. The van der Waals surface area contributed by atoms with Crippen molar-refractivity contribution < 1.29 is 10.0 Å². The molecule has 1 heterocycles. The Morgan fingerprint density at radius 3 is 2.78 bits per heavy atom. The fraction of sp³-hybridized carbons (Fsp3) is 0.833. The SMILES string of the molecule is NC(CCCCNC(=O)CC1CCSCC1)=NO. The lowest BCUT2D eigenvalue weighted by atomic mass is 9.98. The summed E-state index contributed by atoms with van der Waals surface area (Å²) in [7, 11) is 0. The predicted octanol–water partition coefficient (Wildman–Crippen LogP) is 1.55. The summed E-state index contributed by atoms with van der Waals surface area (Å²) < 4.78 is 0. The number of oxime groups is 1. The van der Waals surface area contributed by atoms with E-state index in [0.717, 1.165) is 12.8 Å². The van der Waals surface area contributed by atoms with Crippen LogP contribution in [0.25, 0.3) is 0 Å². The minimum absolute atomic E-state index is 0.163. The molecule has 0 unspecified atom stereocenters. The lowest BCUT2D eigenvalue weighted by molar-refractivity contribution is -0.122. The van der Waals surface area contributed by atoms with Crippen molar-refractivity contribution in [1.29, 1.82) is 0 Å². The van der Waals surface area contributed by atoms with Crippen molar-refractivity contribution in [2.45, 2.75) is 38.5 Å². The zero-order valence-corrected chi connectivity index (χ0v) is 11.5. The maximum atomic E-state index is 11.7. The highest BCUT2D eigenvalue weighted by molar-refractivity contribution is 7.99.